The van der Waals surface area contributed by atoms with Gasteiger partial charge >= 0.3 is 0 Å². The number of morpholine rings is 1. The lowest BCUT2D eigenvalue weighted by molar-refractivity contribution is -0.921. The lowest BCUT2D eigenvalue weighted by Crippen LogP contribution is -3.12. The van der Waals surface area contributed by atoms with Crippen LogP contribution < -0.4 is 14.4 Å². The van der Waals surface area contributed by atoms with Gasteiger partial charge in [0.15, 0.2) is 0 Å². The Morgan fingerprint density at radius 1 is 1.18 bits per heavy atom. The van der Waals surface area contributed by atoms with Crippen molar-refractivity contribution in [2.24, 2.45) is 0 Å². The number of hydrogen-bond donors (Lipinski definition) is 1. The number of ether oxygens (including phenoxy) is 3. The average molecular weight is 238 g/mol. The molecule has 0 amide bonds. The van der Waals surface area contributed by atoms with Crippen LogP contribution in [0.2, 0.25) is 0 Å². The number of quaternary nitrogens is 1. The van der Waals surface area contributed by atoms with Crippen LogP contribution in [0.4, 0.5) is 0 Å². The lowest BCUT2D eigenvalue weighted by Gasteiger charge is -2.24. The number of benzene rings is 1. The van der Waals surface area contributed by atoms with Crippen molar-refractivity contribution in [3.63, 3.8) is 0 Å². The molecule has 1 fully saturated rings. The normalized spacial score (nSPS) is 16.8. The van der Waals surface area contributed by atoms with E-state index < -0.39 is 0 Å². The summed E-state index contributed by atoms with van der Waals surface area (Å²) in [6.07, 6.45) is 0. The molecule has 1 N–H and O–H groups in total. The second kappa shape index (κ2) is 5.89. The summed E-state index contributed by atoms with van der Waals surface area (Å²) in [6, 6.07) is 5.95. The Kier molecular flexibility index (Phi) is 4.23. The number of rotatable bonds is 4. The van der Waals surface area contributed by atoms with Gasteiger partial charge in [-0.1, -0.05) is 0 Å². The van der Waals surface area contributed by atoms with Crippen molar-refractivity contribution >= 4 is 0 Å². The van der Waals surface area contributed by atoms with Crippen LogP contribution in [0.25, 0.3) is 0 Å². The SMILES string of the molecule is COc1ccc(OC)c(C[NH+]2CCOCC2)c1. The zero-order valence-electron chi connectivity index (χ0n) is 10.5. The molecule has 0 aromatic heterocycles. The Morgan fingerprint density at radius 3 is 2.59 bits per heavy atom. The van der Waals surface area contributed by atoms with Gasteiger partial charge in [0.05, 0.1) is 33.0 Å². The minimum absolute atomic E-state index is 0.849. The molecule has 2 rings (SSSR count). The van der Waals surface area contributed by atoms with E-state index >= 15 is 0 Å². The zero-order chi connectivity index (χ0) is 12.1. The number of hydrogen-bond acceptors (Lipinski definition) is 3. The average Bonchev–Trinajstić information content (AvgIpc) is 2.40. The van der Waals surface area contributed by atoms with Crippen molar-refractivity contribution in [3.05, 3.63) is 23.8 Å². The molecule has 0 unspecified atom stereocenters. The predicted octanol–water partition coefficient (Wildman–Crippen LogP) is 0.119. The Labute approximate surface area is 102 Å². The summed E-state index contributed by atoms with van der Waals surface area (Å²) < 4.78 is 16.0. The summed E-state index contributed by atoms with van der Waals surface area (Å²) in [5.74, 6) is 1.82. The van der Waals surface area contributed by atoms with Crippen LogP contribution in [0.15, 0.2) is 18.2 Å². The van der Waals surface area contributed by atoms with Gasteiger partial charge in [-0.05, 0) is 18.2 Å². The van der Waals surface area contributed by atoms with E-state index in [-0.39, 0.29) is 0 Å². The van der Waals surface area contributed by atoms with Crippen molar-refractivity contribution < 1.29 is 19.1 Å². The molecule has 1 saturated heterocycles. The quantitative estimate of drug-likeness (QED) is 0.808. The fraction of sp³-hybridized carbons (Fsp3) is 0.538. The monoisotopic (exact) mass is 238 g/mol. The fourth-order valence-electron chi connectivity index (χ4n) is 2.13. The molecule has 0 atom stereocenters. The predicted molar refractivity (Wildman–Crippen MR) is 64.8 cm³/mol. The van der Waals surface area contributed by atoms with Gasteiger partial charge in [-0.3, -0.25) is 0 Å². The van der Waals surface area contributed by atoms with Crippen LogP contribution in [-0.4, -0.2) is 40.5 Å². The third-order valence-corrected chi connectivity index (χ3v) is 3.13. The van der Waals surface area contributed by atoms with Crippen molar-refractivity contribution in [2.75, 3.05) is 40.5 Å². The minimum atomic E-state index is 0.849. The Balaban J connectivity index is 2.11. The van der Waals surface area contributed by atoms with E-state index in [0.717, 1.165) is 44.3 Å². The summed E-state index contributed by atoms with van der Waals surface area (Å²) >= 11 is 0. The number of nitrogens with one attached hydrogen (secondary N) is 1. The van der Waals surface area contributed by atoms with Gasteiger partial charge in [0, 0.05) is 0 Å². The largest absolute Gasteiger partial charge is 0.497 e. The molecule has 17 heavy (non-hydrogen) atoms. The van der Waals surface area contributed by atoms with E-state index in [4.69, 9.17) is 14.2 Å². The number of methoxy groups -OCH3 is 2. The van der Waals surface area contributed by atoms with Crippen LogP contribution in [-0.2, 0) is 11.3 Å². The van der Waals surface area contributed by atoms with Crippen molar-refractivity contribution in [2.45, 2.75) is 6.54 Å². The van der Waals surface area contributed by atoms with Gasteiger partial charge in [0.1, 0.15) is 31.1 Å². The lowest BCUT2D eigenvalue weighted by atomic mass is 10.1. The molecular formula is C13H20NO3+. The van der Waals surface area contributed by atoms with E-state index in [1.165, 1.54) is 10.5 Å². The summed E-state index contributed by atoms with van der Waals surface area (Å²) in [5.41, 5.74) is 1.20. The molecule has 0 spiro atoms. The van der Waals surface area contributed by atoms with Crippen molar-refractivity contribution in [1.82, 2.24) is 0 Å². The molecule has 1 heterocycles. The second-order valence-electron chi connectivity index (χ2n) is 4.22. The van der Waals surface area contributed by atoms with Crippen LogP contribution in [0, 0.1) is 0 Å². The first-order chi connectivity index (χ1) is 8.33. The Bertz CT molecular complexity index is 362. The highest BCUT2D eigenvalue weighted by atomic mass is 16.5. The summed E-state index contributed by atoms with van der Waals surface area (Å²) in [4.78, 5) is 1.53. The van der Waals surface area contributed by atoms with Gasteiger partial charge in [0.25, 0.3) is 0 Å². The van der Waals surface area contributed by atoms with Gasteiger partial charge in [-0.25, -0.2) is 0 Å². The first-order valence-electron chi connectivity index (χ1n) is 5.95. The highest BCUT2D eigenvalue weighted by molar-refractivity contribution is 5.39. The molecule has 4 heteroatoms. The molecular weight excluding hydrogens is 218 g/mol. The standard InChI is InChI=1S/C13H19NO3/c1-15-12-3-4-13(16-2)11(9-12)10-14-5-7-17-8-6-14/h3-4,9H,5-8,10H2,1-2H3/p+1. The molecule has 94 valence electrons. The van der Waals surface area contributed by atoms with Gasteiger partial charge in [-0.15, -0.1) is 0 Å². The molecule has 1 aromatic rings. The maximum absolute atomic E-state index is 5.39. The van der Waals surface area contributed by atoms with Crippen LogP contribution in [0.5, 0.6) is 11.5 Å². The van der Waals surface area contributed by atoms with E-state index in [1.807, 2.05) is 12.1 Å². The summed E-state index contributed by atoms with van der Waals surface area (Å²) in [6.45, 7) is 4.77. The molecule has 4 nitrogen and oxygen atoms in total. The second-order valence-corrected chi connectivity index (χ2v) is 4.22. The summed E-state index contributed by atoms with van der Waals surface area (Å²) in [7, 11) is 3.40. The fourth-order valence-corrected chi connectivity index (χ4v) is 2.13. The Hall–Kier alpha value is -1.26. The van der Waals surface area contributed by atoms with Crippen molar-refractivity contribution in [1.29, 1.82) is 0 Å². The molecule has 0 radical (unpaired) electrons. The zero-order valence-corrected chi connectivity index (χ0v) is 10.5. The van der Waals surface area contributed by atoms with Gasteiger partial charge in [-0.2, -0.15) is 0 Å². The smallest absolute Gasteiger partial charge is 0.127 e. The first-order valence-corrected chi connectivity index (χ1v) is 5.95. The highest BCUT2D eigenvalue weighted by Crippen LogP contribution is 2.23. The third-order valence-electron chi connectivity index (χ3n) is 3.13. The molecule has 0 bridgehead atoms. The van der Waals surface area contributed by atoms with E-state index in [2.05, 4.69) is 6.07 Å². The maximum Gasteiger partial charge on any atom is 0.127 e. The maximum atomic E-state index is 5.39. The topological polar surface area (TPSA) is 32.1 Å². The molecule has 0 aliphatic carbocycles. The minimum Gasteiger partial charge on any atom is -0.497 e. The van der Waals surface area contributed by atoms with Crippen LogP contribution in [0.1, 0.15) is 5.56 Å². The third kappa shape index (κ3) is 3.11. The highest BCUT2D eigenvalue weighted by Gasteiger charge is 2.17. The van der Waals surface area contributed by atoms with Crippen LogP contribution in [0.3, 0.4) is 0 Å². The molecule has 1 aliphatic heterocycles. The summed E-state index contributed by atoms with van der Waals surface area (Å²) in [5, 5.41) is 0. The molecule has 0 saturated carbocycles. The van der Waals surface area contributed by atoms with E-state index in [0.29, 0.717) is 0 Å². The van der Waals surface area contributed by atoms with Gasteiger partial charge < -0.3 is 19.1 Å². The van der Waals surface area contributed by atoms with Gasteiger partial charge in [0.2, 0.25) is 0 Å². The van der Waals surface area contributed by atoms with E-state index in [1.54, 1.807) is 14.2 Å². The van der Waals surface area contributed by atoms with Crippen LogP contribution >= 0.6 is 0 Å². The Morgan fingerprint density at radius 2 is 1.94 bits per heavy atom. The molecule has 1 aliphatic rings. The van der Waals surface area contributed by atoms with Crippen molar-refractivity contribution in [3.8, 4) is 11.5 Å². The van der Waals surface area contributed by atoms with E-state index in [9.17, 15) is 0 Å². The molecule has 1 aromatic carbocycles. The first kappa shape index (κ1) is 12.2.